The molecule has 1 amide bonds. The lowest BCUT2D eigenvalue weighted by Crippen LogP contribution is -2.81. The van der Waals surface area contributed by atoms with Gasteiger partial charge in [-0.1, -0.05) is 62.4 Å². The number of aliphatic hydroxyl groups is 4. The van der Waals surface area contributed by atoms with Crippen molar-refractivity contribution in [2.75, 3.05) is 13.2 Å². The number of carbonyl (C=O) groups excluding carboxylic acids is 5. The smallest absolute Gasteiger partial charge is 0.408 e. The van der Waals surface area contributed by atoms with Crippen LogP contribution in [0.2, 0.25) is 0 Å². The molecule has 3 fully saturated rings. The fourth-order valence-electron chi connectivity index (χ4n) is 9.59. The first-order chi connectivity index (χ1) is 27.5. The molecular formula is C44H55NO14. The largest absolute Gasteiger partial charge is 0.456 e. The van der Waals surface area contributed by atoms with Gasteiger partial charge in [-0.05, 0) is 70.4 Å². The number of rotatable bonds is 10. The Morgan fingerprint density at radius 1 is 0.966 bits per heavy atom. The van der Waals surface area contributed by atoms with E-state index in [1.54, 1.807) is 83.1 Å². The van der Waals surface area contributed by atoms with Gasteiger partial charge in [0, 0.05) is 24.2 Å². The third kappa shape index (κ3) is 7.61. The predicted molar refractivity (Wildman–Crippen MR) is 208 cm³/mol. The van der Waals surface area contributed by atoms with Crippen molar-refractivity contribution in [3.05, 3.63) is 82.9 Å². The summed E-state index contributed by atoms with van der Waals surface area (Å²) in [6, 6.07) is 14.7. The summed E-state index contributed by atoms with van der Waals surface area (Å²) in [5.41, 5.74) is -7.86. The summed E-state index contributed by atoms with van der Waals surface area (Å²) >= 11 is 0. The third-order valence-electron chi connectivity index (χ3n) is 12.8. The van der Waals surface area contributed by atoms with Crippen LogP contribution in [0.4, 0.5) is 4.79 Å². The van der Waals surface area contributed by atoms with Gasteiger partial charge in [-0.25, -0.2) is 14.4 Å². The van der Waals surface area contributed by atoms with Gasteiger partial charge in [-0.3, -0.25) is 9.59 Å². The molecule has 4 aliphatic rings. The van der Waals surface area contributed by atoms with E-state index in [1.165, 1.54) is 32.9 Å². The molecule has 5 N–H and O–H groups in total. The summed E-state index contributed by atoms with van der Waals surface area (Å²) in [6.45, 7) is 11.7. The Morgan fingerprint density at radius 2 is 1.58 bits per heavy atom. The SMILES string of the molecule is CC(=O)CO[C@@]12CO[C@@H]1C[C@H](O)[C@@]1(C)C(=O)[C@H](O)C3=C(C)[C@@H](OC(=O)[C@H](O)[C@@H](NC(=O)OC(C)(C)C)c4ccccc4)C[C@@](O)([C@@H](OC(=O)c4ccccc4)[C@@H]21)C3(C)C. The first-order valence-corrected chi connectivity index (χ1v) is 19.8. The number of nitrogens with one attached hydrogen (secondary N) is 1. The van der Waals surface area contributed by atoms with Crippen molar-refractivity contribution in [1.82, 2.24) is 5.32 Å². The highest BCUT2D eigenvalue weighted by molar-refractivity contribution is 5.94. The van der Waals surface area contributed by atoms with Crippen LogP contribution in [0.5, 0.6) is 0 Å². The van der Waals surface area contributed by atoms with E-state index in [9.17, 15) is 39.6 Å². The molecule has 0 radical (unpaired) electrons. The summed E-state index contributed by atoms with van der Waals surface area (Å²) in [6.07, 6.45) is -11.2. The molecule has 3 aliphatic carbocycles. The summed E-state index contributed by atoms with van der Waals surface area (Å²) in [5, 5.41) is 51.8. The highest BCUT2D eigenvalue weighted by atomic mass is 16.6. The lowest BCUT2D eigenvalue weighted by molar-refractivity contribution is -0.354. The van der Waals surface area contributed by atoms with Crippen molar-refractivity contribution in [3.8, 4) is 0 Å². The molecule has 1 aliphatic heterocycles. The van der Waals surface area contributed by atoms with Crippen LogP contribution in [0.25, 0.3) is 0 Å². The van der Waals surface area contributed by atoms with E-state index in [0.29, 0.717) is 5.56 Å². The number of ether oxygens (including phenoxy) is 5. The molecule has 59 heavy (non-hydrogen) atoms. The Kier molecular flexibility index (Phi) is 11.8. The van der Waals surface area contributed by atoms with Crippen LogP contribution in [0, 0.1) is 16.7 Å². The zero-order valence-electron chi connectivity index (χ0n) is 34.6. The number of alkyl carbamates (subject to hydrolysis) is 1. The van der Waals surface area contributed by atoms with E-state index in [1.807, 2.05) is 0 Å². The van der Waals surface area contributed by atoms with Crippen LogP contribution < -0.4 is 5.32 Å². The van der Waals surface area contributed by atoms with Gasteiger partial charge in [0.1, 0.15) is 41.7 Å². The number of benzene rings is 2. The van der Waals surface area contributed by atoms with Gasteiger partial charge in [-0.2, -0.15) is 0 Å². The molecule has 0 spiro atoms. The van der Waals surface area contributed by atoms with Crippen molar-refractivity contribution in [3.63, 3.8) is 0 Å². The van der Waals surface area contributed by atoms with Crippen molar-refractivity contribution < 1.29 is 68.1 Å². The van der Waals surface area contributed by atoms with Crippen molar-refractivity contribution in [2.45, 2.75) is 128 Å². The van der Waals surface area contributed by atoms with Gasteiger partial charge in [0.15, 0.2) is 17.7 Å². The maximum absolute atomic E-state index is 15.0. The number of carbonyl (C=O) groups is 5. The topological polar surface area (TPSA) is 224 Å². The van der Waals surface area contributed by atoms with Gasteiger partial charge in [0.25, 0.3) is 0 Å². The van der Waals surface area contributed by atoms with Gasteiger partial charge in [0.2, 0.25) is 0 Å². The normalized spacial score (nSPS) is 33.4. The standard InChI is InChI=1S/C44H55NO14/c1-23(46)21-56-43-22-55-29(43)19-28(47)42(8)34(43)36(58-37(51)26-17-13-10-14-18-26)44(54)20-27(24(2)30(41(44,6)7)32(48)35(42)50)57-38(52)33(49)31(25-15-11-9-12-16-25)45-39(53)59-40(3,4)5/h9-18,27-29,31-34,36,47-49,54H,19-22H2,1-8H3,(H,45,53)/t27-,28-,29+,31-,32+,33+,34+,36-,42+,43-,44+/m0/s1. The zero-order chi connectivity index (χ0) is 43.5. The molecule has 320 valence electrons. The van der Waals surface area contributed by atoms with Gasteiger partial charge in [0.05, 0.1) is 35.8 Å². The lowest BCUT2D eigenvalue weighted by Gasteiger charge is -2.67. The van der Waals surface area contributed by atoms with E-state index in [0.717, 1.165) is 0 Å². The minimum Gasteiger partial charge on any atom is -0.456 e. The number of esters is 2. The zero-order valence-corrected chi connectivity index (χ0v) is 34.6. The van der Waals surface area contributed by atoms with Crippen LogP contribution >= 0.6 is 0 Å². The summed E-state index contributed by atoms with van der Waals surface area (Å²) < 4.78 is 30.0. The lowest BCUT2D eigenvalue weighted by atomic mass is 9.44. The molecule has 15 heteroatoms. The minimum absolute atomic E-state index is 0.0478. The van der Waals surface area contributed by atoms with E-state index in [4.69, 9.17) is 23.7 Å². The Labute approximate surface area is 343 Å². The molecule has 0 unspecified atom stereocenters. The molecule has 1 heterocycles. The quantitative estimate of drug-likeness (QED) is 0.132. The van der Waals surface area contributed by atoms with Crippen LogP contribution in [0.3, 0.4) is 0 Å². The van der Waals surface area contributed by atoms with Gasteiger partial charge in [-0.15, -0.1) is 0 Å². The number of hydrogen-bond donors (Lipinski definition) is 5. The number of fused-ring (bicyclic) bond motifs is 5. The molecule has 11 atom stereocenters. The predicted octanol–water partition coefficient (Wildman–Crippen LogP) is 3.30. The maximum Gasteiger partial charge on any atom is 0.408 e. The van der Waals surface area contributed by atoms with Crippen LogP contribution in [0.1, 0.15) is 90.2 Å². The Morgan fingerprint density at radius 3 is 2.14 bits per heavy atom. The van der Waals surface area contributed by atoms with E-state index < -0.39 is 113 Å². The number of hydrogen-bond acceptors (Lipinski definition) is 14. The van der Waals surface area contributed by atoms with E-state index in [-0.39, 0.29) is 35.5 Å². The number of ketones is 2. The van der Waals surface area contributed by atoms with Crippen LogP contribution in [0.15, 0.2) is 71.8 Å². The number of aliphatic hydroxyl groups excluding tert-OH is 3. The fraction of sp³-hybridized carbons (Fsp3) is 0.568. The maximum atomic E-state index is 15.0. The molecule has 6 rings (SSSR count). The number of amides is 1. The average molecular weight is 822 g/mol. The van der Waals surface area contributed by atoms with Crippen LogP contribution in [-0.2, 0) is 38.1 Å². The Bertz CT molecular complexity index is 1990. The molecule has 15 nitrogen and oxygen atoms in total. The van der Waals surface area contributed by atoms with Gasteiger partial charge >= 0.3 is 18.0 Å². The Balaban J connectivity index is 1.49. The Hall–Kier alpha value is -4.51. The second-order valence-electron chi connectivity index (χ2n) is 18.0. The van der Waals surface area contributed by atoms with Crippen LogP contribution in [-0.4, -0.2) is 117 Å². The molecular weight excluding hydrogens is 766 g/mol. The first-order valence-electron chi connectivity index (χ1n) is 19.8. The minimum atomic E-state index is -2.33. The van der Waals surface area contributed by atoms with Gasteiger partial charge < -0.3 is 49.4 Å². The highest BCUT2D eigenvalue weighted by Crippen LogP contribution is 2.64. The number of Topliss-reactive ketones (excluding diaryl/α,β-unsaturated/α-hetero) is 2. The summed E-state index contributed by atoms with van der Waals surface area (Å²) in [7, 11) is 0. The van der Waals surface area contributed by atoms with Crippen molar-refractivity contribution in [1.29, 1.82) is 0 Å². The second-order valence-corrected chi connectivity index (χ2v) is 18.0. The second kappa shape index (κ2) is 15.8. The van der Waals surface area contributed by atoms with Crippen molar-refractivity contribution >= 4 is 29.6 Å². The fourth-order valence-corrected chi connectivity index (χ4v) is 9.59. The monoisotopic (exact) mass is 821 g/mol. The first kappa shape index (κ1) is 44.1. The molecule has 0 aromatic heterocycles. The summed E-state index contributed by atoms with van der Waals surface area (Å²) in [5.74, 6) is -4.83. The molecule has 1 saturated heterocycles. The van der Waals surface area contributed by atoms with E-state index in [2.05, 4.69) is 5.32 Å². The molecule has 2 saturated carbocycles. The average Bonchev–Trinajstić information content (AvgIpc) is 3.16. The molecule has 2 bridgehead atoms. The molecule has 2 aromatic carbocycles. The summed E-state index contributed by atoms with van der Waals surface area (Å²) in [4.78, 5) is 68.7. The van der Waals surface area contributed by atoms with Crippen molar-refractivity contribution in [2.24, 2.45) is 16.7 Å². The third-order valence-corrected chi connectivity index (χ3v) is 12.8. The molecule has 2 aromatic rings. The highest BCUT2D eigenvalue weighted by Gasteiger charge is 2.77. The van der Waals surface area contributed by atoms with E-state index >= 15 is 4.79 Å².